The van der Waals surface area contributed by atoms with Crippen LogP contribution in [0.2, 0.25) is 0 Å². The van der Waals surface area contributed by atoms with Crippen molar-refractivity contribution in [1.29, 1.82) is 0 Å². The minimum absolute atomic E-state index is 0.0546. The van der Waals surface area contributed by atoms with E-state index in [1.807, 2.05) is 23.1 Å². The van der Waals surface area contributed by atoms with Gasteiger partial charge in [0.2, 0.25) is 11.8 Å². The molecule has 176 valence electrons. The highest BCUT2D eigenvalue weighted by Gasteiger charge is 2.70. The molecule has 0 aliphatic carbocycles. The van der Waals surface area contributed by atoms with Gasteiger partial charge in [-0.3, -0.25) is 14.4 Å². The number of cyclic esters (lactones) is 1. The Labute approximate surface area is 194 Å². The summed E-state index contributed by atoms with van der Waals surface area (Å²) in [6.07, 6.45) is 12.0. The first-order chi connectivity index (χ1) is 15.5. The Hall–Kier alpha value is -1.80. The summed E-state index contributed by atoms with van der Waals surface area (Å²) < 4.78 is 4.75. The molecule has 2 saturated heterocycles. The van der Waals surface area contributed by atoms with Crippen molar-refractivity contribution >= 4 is 29.5 Å². The van der Waals surface area contributed by atoms with Gasteiger partial charge in [-0.05, 0) is 32.6 Å². The van der Waals surface area contributed by atoms with E-state index in [2.05, 4.69) is 19.9 Å². The number of aliphatic hydroxyl groups is 1. The average Bonchev–Trinajstić information content (AvgIpc) is 3.17. The molecule has 32 heavy (non-hydrogen) atoms. The lowest BCUT2D eigenvalue weighted by molar-refractivity contribution is -0.153. The largest absolute Gasteiger partial charge is 0.465 e. The second kappa shape index (κ2) is 9.59. The zero-order valence-electron chi connectivity index (χ0n) is 18.9. The van der Waals surface area contributed by atoms with Crippen LogP contribution in [0, 0.1) is 11.8 Å². The van der Waals surface area contributed by atoms with Crippen molar-refractivity contribution in [1.82, 2.24) is 9.80 Å². The Balaban J connectivity index is 1.78. The molecule has 4 rings (SSSR count). The van der Waals surface area contributed by atoms with Crippen molar-refractivity contribution in [2.45, 2.75) is 68.0 Å². The Morgan fingerprint density at radius 3 is 2.84 bits per heavy atom. The minimum atomic E-state index is -0.803. The van der Waals surface area contributed by atoms with Gasteiger partial charge in [0.15, 0.2) is 0 Å². The van der Waals surface area contributed by atoms with Crippen LogP contribution in [-0.2, 0) is 19.1 Å². The third kappa shape index (κ3) is 3.79. The van der Waals surface area contributed by atoms with Crippen LogP contribution in [0.25, 0.3) is 0 Å². The van der Waals surface area contributed by atoms with Gasteiger partial charge in [-0.2, -0.15) is 0 Å². The summed E-state index contributed by atoms with van der Waals surface area (Å²) in [5.74, 6) is -1.82. The fraction of sp³-hybridized carbons (Fsp3) is 0.708. The summed E-state index contributed by atoms with van der Waals surface area (Å²) in [6, 6.07) is -0.610. The molecule has 4 aliphatic rings. The van der Waals surface area contributed by atoms with Gasteiger partial charge in [0.05, 0.1) is 23.2 Å². The number of carbonyl (C=O) groups is 3. The highest BCUT2D eigenvalue weighted by atomic mass is 32.2. The first kappa shape index (κ1) is 23.4. The smallest absolute Gasteiger partial charge is 0.311 e. The van der Waals surface area contributed by atoms with Gasteiger partial charge in [0.1, 0.15) is 6.04 Å². The molecule has 7 nitrogen and oxygen atoms in total. The van der Waals surface area contributed by atoms with Crippen LogP contribution in [0.1, 0.15) is 46.0 Å². The molecule has 0 aromatic heterocycles. The van der Waals surface area contributed by atoms with Gasteiger partial charge < -0.3 is 19.6 Å². The quantitative estimate of drug-likeness (QED) is 0.481. The number of aliphatic hydroxyl groups excluding tert-OH is 1. The summed E-state index contributed by atoms with van der Waals surface area (Å²) in [5, 5.41) is 9.24. The van der Waals surface area contributed by atoms with Crippen LogP contribution < -0.4 is 0 Å². The number of carbonyl (C=O) groups excluding carboxylic acids is 3. The van der Waals surface area contributed by atoms with E-state index in [4.69, 9.17) is 4.74 Å². The van der Waals surface area contributed by atoms with Gasteiger partial charge >= 0.3 is 5.97 Å². The lowest BCUT2D eigenvalue weighted by Crippen LogP contribution is -2.55. The summed E-state index contributed by atoms with van der Waals surface area (Å²) in [4.78, 5) is 44.4. The highest BCUT2D eigenvalue weighted by Crippen LogP contribution is 2.60. The number of allylic oxidation sites excluding steroid dienone is 1. The number of hydrogen-bond donors (Lipinski definition) is 1. The maximum Gasteiger partial charge on any atom is 0.311 e. The van der Waals surface area contributed by atoms with Crippen molar-refractivity contribution in [3.63, 3.8) is 0 Å². The fourth-order valence-electron chi connectivity index (χ4n) is 5.72. The molecule has 6 atom stereocenters. The molecule has 1 spiro atoms. The first-order valence-electron chi connectivity index (χ1n) is 11.9. The Morgan fingerprint density at radius 1 is 1.28 bits per heavy atom. The van der Waals surface area contributed by atoms with Crippen LogP contribution in [0.15, 0.2) is 24.3 Å². The van der Waals surface area contributed by atoms with E-state index in [0.717, 1.165) is 25.7 Å². The number of ether oxygens (including phenoxy) is 1. The molecular formula is C24H34N2O5S. The van der Waals surface area contributed by atoms with Crippen molar-refractivity contribution in [2.24, 2.45) is 11.8 Å². The van der Waals surface area contributed by atoms with Crippen LogP contribution >= 0.6 is 11.8 Å². The average molecular weight is 463 g/mol. The van der Waals surface area contributed by atoms with E-state index < -0.39 is 22.6 Å². The summed E-state index contributed by atoms with van der Waals surface area (Å²) in [7, 11) is 0. The second-order valence-corrected chi connectivity index (χ2v) is 10.7. The number of nitrogens with zero attached hydrogens (tertiary/aromatic N) is 2. The Bertz CT molecular complexity index is 814. The van der Waals surface area contributed by atoms with Gasteiger partial charge in [0, 0.05) is 31.0 Å². The Morgan fingerprint density at radius 2 is 2.09 bits per heavy atom. The molecule has 0 saturated carbocycles. The van der Waals surface area contributed by atoms with E-state index in [0.29, 0.717) is 26.1 Å². The third-order valence-electron chi connectivity index (χ3n) is 7.18. The van der Waals surface area contributed by atoms with Crippen molar-refractivity contribution < 1.29 is 24.2 Å². The monoisotopic (exact) mass is 462 g/mol. The highest BCUT2D eigenvalue weighted by molar-refractivity contribution is 8.02. The minimum Gasteiger partial charge on any atom is -0.465 e. The lowest BCUT2D eigenvalue weighted by Gasteiger charge is -2.37. The number of likely N-dealkylation sites (tertiary alicyclic amines) is 1. The molecule has 2 unspecified atom stereocenters. The van der Waals surface area contributed by atoms with E-state index in [9.17, 15) is 19.5 Å². The molecule has 8 heteroatoms. The molecule has 0 aromatic rings. The molecule has 4 aliphatic heterocycles. The van der Waals surface area contributed by atoms with Crippen LogP contribution in [0.4, 0.5) is 0 Å². The zero-order chi connectivity index (χ0) is 22.9. The number of esters is 1. The van der Waals surface area contributed by atoms with Crippen molar-refractivity contribution in [3.05, 3.63) is 24.3 Å². The molecule has 0 radical (unpaired) electrons. The van der Waals surface area contributed by atoms with Crippen molar-refractivity contribution in [3.8, 4) is 0 Å². The topological polar surface area (TPSA) is 87.2 Å². The Kier molecular flexibility index (Phi) is 7.00. The van der Waals surface area contributed by atoms with Gasteiger partial charge in [0.25, 0.3) is 0 Å². The van der Waals surface area contributed by atoms with Crippen molar-refractivity contribution in [2.75, 3.05) is 26.3 Å². The molecule has 2 amide bonds. The molecular weight excluding hydrogens is 428 g/mol. The standard InChI is InChI=1S/C24H34N2O5S/c1-3-9-16(2)25-12-7-11-24-19(21(28)26(13-8-14-27)20(24)22(25)29)18-17(32-24)10-5-4-6-15-31-23(18)30/h5,7,10-11,16-20,27H,3-4,6,8-9,12-15H2,1-2H3/b10-5-/t16?,17-,18+,19-,20?,24-/m0/s1. The lowest BCUT2D eigenvalue weighted by atomic mass is 9.78. The van der Waals surface area contributed by atoms with E-state index >= 15 is 0 Å². The second-order valence-electron chi connectivity index (χ2n) is 9.22. The van der Waals surface area contributed by atoms with E-state index in [1.54, 1.807) is 16.7 Å². The maximum atomic E-state index is 14.0. The fourth-order valence-corrected chi connectivity index (χ4v) is 7.72. The molecule has 2 fully saturated rings. The van der Waals surface area contributed by atoms with Gasteiger partial charge in [-0.15, -0.1) is 11.8 Å². The summed E-state index contributed by atoms with van der Waals surface area (Å²) >= 11 is 1.57. The predicted octanol–water partition coefficient (Wildman–Crippen LogP) is 2.15. The number of rotatable bonds is 6. The zero-order valence-corrected chi connectivity index (χ0v) is 19.8. The predicted molar refractivity (Wildman–Crippen MR) is 123 cm³/mol. The molecule has 0 aromatic carbocycles. The first-order valence-corrected chi connectivity index (χ1v) is 12.7. The summed E-state index contributed by atoms with van der Waals surface area (Å²) in [5.41, 5.74) is 0. The molecule has 0 bridgehead atoms. The number of hydrogen-bond acceptors (Lipinski definition) is 6. The normalized spacial score (nSPS) is 36.4. The SMILES string of the molecule is CCCC(C)N1CC=C[C@]23S[C@H]4/C=C\CCCOC(=O)[C@H]4[C@H]2C(=O)N(CCCO)C3C1=O. The number of amides is 2. The number of thioether (sulfide) groups is 1. The van der Waals surface area contributed by atoms with Gasteiger partial charge in [-0.25, -0.2) is 0 Å². The maximum absolute atomic E-state index is 14.0. The van der Waals surface area contributed by atoms with Gasteiger partial charge in [-0.1, -0.05) is 37.6 Å². The van der Waals surface area contributed by atoms with Crippen LogP contribution in [0.5, 0.6) is 0 Å². The summed E-state index contributed by atoms with van der Waals surface area (Å²) in [6.45, 7) is 5.25. The van der Waals surface area contributed by atoms with E-state index in [1.165, 1.54) is 0 Å². The molecule has 4 heterocycles. The van der Waals surface area contributed by atoms with Crippen LogP contribution in [-0.4, -0.2) is 81.1 Å². The number of fused-ring (bicyclic) bond motifs is 2. The van der Waals surface area contributed by atoms with Crippen LogP contribution in [0.3, 0.4) is 0 Å². The van der Waals surface area contributed by atoms with E-state index in [-0.39, 0.29) is 35.7 Å². The third-order valence-corrected chi connectivity index (χ3v) is 8.92. The molecule has 1 N–H and O–H groups in total.